The predicted octanol–water partition coefficient (Wildman–Crippen LogP) is 6.48. The zero-order valence-corrected chi connectivity index (χ0v) is 17.3. The molecule has 2 aromatic carbocycles. The van der Waals surface area contributed by atoms with Gasteiger partial charge in [-0.05, 0) is 35.3 Å². The highest BCUT2D eigenvalue weighted by Crippen LogP contribution is 2.50. The number of phenolic OH excluding ortho intramolecular Hbond substituents is 1. The molecule has 1 aliphatic rings. The van der Waals surface area contributed by atoms with Crippen LogP contribution in [0.1, 0.15) is 40.2 Å². The van der Waals surface area contributed by atoms with Crippen LogP contribution >= 0.6 is 11.3 Å². The lowest BCUT2D eigenvalue weighted by Gasteiger charge is -2.30. The monoisotopic (exact) mass is 379 g/mol. The summed E-state index contributed by atoms with van der Waals surface area (Å²) in [4.78, 5) is 4.66. The first kappa shape index (κ1) is 18.1. The Balaban J connectivity index is 1.80. The summed E-state index contributed by atoms with van der Waals surface area (Å²) < 4.78 is 7.22. The zero-order valence-electron chi connectivity index (χ0n) is 16.5. The summed E-state index contributed by atoms with van der Waals surface area (Å²) in [6.45, 7) is 11.7. The van der Waals surface area contributed by atoms with Gasteiger partial charge in [-0.2, -0.15) is 0 Å². The number of para-hydroxylation sites is 1. The lowest BCUT2D eigenvalue weighted by atomic mass is 9.71. The number of rotatable bonds is 2. The first-order valence-electron chi connectivity index (χ1n) is 9.24. The first-order chi connectivity index (χ1) is 12.7. The van der Waals surface area contributed by atoms with Crippen molar-refractivity contribution in [2.45, 2.75) is 34.6 Å². The smallest absolute Gasteiger partial charge is 0.128 e. The zero-order chi connectivity index (χ0) is 19.4. The Bertz CT molecular complexity index is 1020. The van der Waals surface area contributed by atoms with Crippen LogP contribution in [0, 0.1) is 10.8 Å². The van der Waals surface area contributed by atoms with E-state index in [0.717, 1.165) is 32.1 Å². The number of hydrogen-bond acceptors (Lipinski definition) is 4. The fraction of sp³-hybridized carbons (Fsp3) is 0.348. The van der Waals surface area contributed by atoms with Crippen LogP contribution in [0.15, 0.2) is 48.0 Å². The van der Waals surface area contributed by atoms with E-state index in [1.165, 1.54) is 5.57 Å². The fourth-order valence-corrected chi connectivity index (χ4v) is 5.13. The van der Waals surface area contributed by atoms with Crippen molar-refractivity contribution in [2.75, 3.05) is 6.61 Å². The minimum atomic E-state index is -0.0189. The van der Waals surface area contributed by atoms with Crippen molar-refractivity contribution in [1.82, 2.24) is 4.98 Å². The topological polar surface area (TPSA) is 42.4 Å². The third kappa shape index (κ3) is 3.12. The molecule has 0 fully saturated rings. The van der Waals surface area contributed by atoms with Crippen LogP contribution in [0.2, 0.25) is 0 Å². The Morgan fingerprint density at radius 2 is 1.85 bits per heavy atom. The van der Waals surface area contributed by atoms with E-state index in [1.807, 2.05) is 36.4 Å². The standard InChI is InChI=1S/C23H25NO2S/c1-22(2,3)20-19(26-13-23(20,4)5)14-10-11-15(17(25)12-14)21-24-16-8-6-7-9-18(16)27-21/h6-12,25H,13H2,1-5H3. The van der Waals surface area contributed by atoms with Crippen LogP contribution < -0.4 is 0 Å². The van der Waals surface area contributed by atoms with E-state index in [-0.39, 0.29) is 16.6 Å². The van der Waals surface area contributed by atoms with Crippen LogP contribution in [-0.4, -0.2) is 16.7 Å². The van der Waals surface area contributed by atoms with Crippen LogP contribution in [0.5, 0.6) is 5.75 Å². The maximum absolute atomic E-state index is 10.7. The third-order valence-electron chi connectivity index (χ3n) is 5.02. The van der Waals surface area contributed by atoms with Gasteiger partial charge in [0, 0.05) is 11.0 Å². The van der Waals surface area contributed by atoms with Crippen LogP contribution in [0.25, 0.3) is 26.5 Å². The van der Waals surface area contributed by atoms with Gasteiger partial charge < -0.3 is 9.84 Å². The van der Waals surface area contributed by atoms with Gasteiger partial charge in [-0.25, -0.2) is 4.98 Å². The van der Waals surface area contributed by atoms with Gasteiger partial charge in [0.25, 0.3) is 0 Å². The molecule has 4 rings (SSSR count). The molecule has 0 atom stereocenters. The molecule has 0 aliphatic carbocycles. The highest BCUT2D eigenvalue weighted by Gasteiger charge is 2.41. The van der Waals surface area contributed by atoms with Crippen molar-refractivity contribution in [1.29, 1.82) is 0 Å². The number of hydrogen-bond donors (Lipinski definition) is 1. The van der Waals surface area contributed by atoms with Crippen molar-refractivity contribution in [3.8, 4) is 16.3 Å². The molecule has 0 radical (unpaired) electrons. The van der Waals surface area contributed by atoms with E-state index in [4.69, 9.17) is 4.74 Å². The van der Waals surface area contributed by atoms with Gasteiger partial charge in [0.1, 0.15) is 16.5 Å². The number of nitrogens with zero attached hydrogens (tertiary/aromatic N) is 1. The minimum Gasteiger partial charge on any atom is -0.507 e. The quantitative estimate of drug-likeness (QED) is 0.554. The maximum Gasteiger partial charge on any atom is 0.128 e. The lowest BCUT2D eigenvalue weighted by Crippen LogP contribution is -2.24. The summed E-state index contributed by atoms with van der Waals surface area (Å²) >= 11 is 1.59. The Kier molecular flexibility index (Phi) is 4.08. The summed E-state index contributed by atoms with van der Waals surface area (Å²) in [5.41, 5.74) is 3.91. The lowest BCUT2D eigenvalue weighted by molar-refractivity contribution is 0.213. The van der Waals surface area contributed by atoms with E-state index in [9.17, 15) is 5.11 Å². The van der Waals surface area contributed by atoms with E-state index >= 15 is 0 Å². The summed E-state index contributed by atoms with van der Waals surface area (Å²) in [6, 6.07) is 13.8. The van der Waals surface area contributed by atoms with Crippen molar-refractivity contribution < 1.29 is 9.84 Å². The molecule has 0 unspecified atom stereocenters. The molecule has 0 spiro atoms. The summed E-state index contributed by atoms with van der Waals surface area (Å²) in [7, 11) is 0. The van der Waals surface area contributed by atoms with Crippen LogP contribution in [0.3, 0.4) is 0 Å². The Hall–Kier alpha value is -2.33. The Morgan fingerprint density at radius 1 is 1.11 bits per heavy atom. The maximum atomic E-state index is 10.7. The molecular weight excluding hydrogens is 354 g/mol. The van der Waals surface area contributed by atoms with Crippen LogP contribution in [-0.2, 0) is 4.74 Å². The molecule has 1 N–H and O–H groups in total. The summed E-state index contributed by atoms with van der Waals surface area (Å²) in [5, 5.41) is 11.6. The second-order valence-corrected chi connectivity index (χ2v) is 9.88. The van der Waals surface area contributed by atoms with Crippen LogP contribution in [0.4, 0.5) is 0 Å². The van der Waals surface area contributed by atoms with Crippen molar-refractivity contribution in [3.05, 3.63) is 53.6 Å². The molecule has 0 bridgehead atoms. The highest BCUT2D eigenvalue weighted by molar-refractivity contribution is 7.21. The number of aromatic nitrogens is 1. The van der Waals surface area contributed by atoms with E-state index in [2.05, 4.69) is 45.7 Å². The van der Waals surface area contributed by atoms with Crippen molar-refractivity contribution in [2.24, 2.45) is 10.8 Å². The van der Waals surface area contributed by atoms with Gasteiger partial charge in [0.2, 0.25) is 0 Å². The molecule has 3 nitrogen and oxygen atoms in total. The predicted molar refractivity (Wildman–Crippen MR) is 113 cm³/mol. The number of thiazole rings is 1. The second kappa shape index (κ2) is 6.10. The number of ether oxygens (including phenoxy) is 1. The molecule has 0 saturated heterocycles. The first-order valence-corrected chi connectivity index (χ1v) is 10.1. The molecule has 2 heterocycles. The van der Waals surface area contributed by atoms with E-state index < -0.39 is 0 Å². The normalized spacial score (nSPS) is 16.8. The van der Waals surface area contributed by atoms with Gasteiger partial charge >= 0.3 is 0 Å². The third-order valence-corrected chi connectivity index (χ3v) is 6.09. The average molecular weight is 380 g/mol. The molecule has 140 valence electrons. The largest absolute Gasteiger partial charge is 0.507 e. The Morgan fingerprint density at radius 3 is 2.52 bits per heavy atom. The molecule has 0 saturated carbocycles. The Labute approximate surface area is 164 Å². The highest BCUT2D eigenvalue weighted by atomic mass is 32.1. The number of fused-ring (bicyclic) bond motifs is 1. The molecule has 1 aromatic heterocycles. The molecular formula is C23H25NO2S. The number of aromatic hydroxyl groups is 1. The summed E-state index contributed by atoms with van der Waals surface area (Å²) in [6.07, 6.45) is 0. The second-order valence-electron chi connectivity index (χ2n) is 8.85. The van der Waals surface area contributed by atoms with Gasteiger partial charge in [0.05, 0.1) is 22.4 Å². The van der Waals surface area contributed by atoms with E-state index in [1.54, 1.807) is 11.3 Å². The SMILES string of the molecule is CC(C)(C)C1=C(c2ccc(-c3nc4ccccc4s3)c(O)c2)OCC1(C)C. The van der Waals surface area contributed by atoms with Gasteiger partial charge in [0.15, 0.2) is 0 Å². The fourth-order valence-electron chi connectivity index (χ4n) is 4.13. The molecule has 0 amide bonds. The van der Waals surface area contributed by atoms with Gasteiger partial charge in [-0.1, -0.05) is 52.8 Å². The number of benzene rings is 2. The average Bonchev–Trinajstić information content (AvgIpc) is 3.14. The molecule has 27 heavy (non-hydrogen) atoms. The van der Waals surface area contributed by atoms with Crippen molar-refractivity contribution in [3.63, 3.8) is 0 Å². The van der Waals surface area contributed by atoms with Gasteiger partial charge in [-0.15, -0.1) is 11.3 Å². The minimum absolute atomic E-state index is 0.00332. The molecule has 4 heteroatoms. The summed E-state index contributed by atoms with van der Waals surface area (Å²) in [5.74, 6) is 1.14. The number of phenols is 1. The van der Waals surface area contributed by atoms with E-state index in [0.29, 0.717) is 6.61 Å². The molecule has 3 aromatic rings. The van der Waals surface area contributed by atoms with Gasteiger partial charge in [-0.3, -0.25) is 0 Å². The molecule has 1 aliphatic heterocycles. The van der Waals surface area contributed by atoms with Crippen molar-refractivity contribution >= 4 is 27.3 Å².